The van der Waals surface area contributed by atoms with E-state index in [2.05, 4.69) is 4.99 Å². The zero-order valence-corrected chi connectivity index (χ0v) is 9.92. The van der Waals surface area contributed by atoms with Crippen molar-refractivity contribution in [2.24, 2.45) is 10.7 Å². The Labute approximate surface area is 102 Å². The van der Waals surface area contributed by atoms with Crippen molar-refractivity contribution in [1.29, 1.82) is 0 Å². The molecule has 16 heavy (non-hydrogen) atoms. The number of halogens is 2. The van der Waals surface area contributed by atoms with Gasteiger partial charge in [-0.1, -0.05) is 11.6 Å². The molecule has 0 saturated carbocycles. The molecule has 0 bridgehead atoms. The minimum atomic E-state index is -0.548. The lowest BCUT2D eigenvalue weighted by Gasteiger charge is -2.04. The smallest absolute Gasteiger partial charge is 0.288 e. The van der Waals surface area contributed by atoms with Crippen molar-refractivity contribution in [2.45, 2.75) is 6.92 Å². The van der Waals surface area contributed by atoms with E-state index < -0.39 is 4.92 Å². The first-order chi connectivity index (χ1) is 7.47. The zero-order valence-electron chi connectivity index (χ0n) is 8.41. The molecule has 0 radical (unpaired) electrons. The van der Waals surface area contributed by atoms with Crippen LogP contribution in [0.2, 0.25) is 5.02 Å². The fourth-order valence-electron chi connectivity index (χ4n) is 1.11. The summed E-state index contributed by atoms with van der Waals surface area (Å²) < 4.78 is 0. The summed E-state index contributed by atoms with van der Waals surface area (Å²) in [7, 11) is 0. The number of nitro groups is 1. The fourth-order valence-corrected chi connectivity index (χ4v) is 1.40. The molecule has 0 saturated heterocycles. The summed E-state index contributed by atoms with van der Waals surface area (Å²) in [5.41, 5.74) is 6.30. The van der Waals surface area contributed by atoms with Crippen molar-refractivity contribution in [1.82, 2.24) is 0 Å². The molecule has 0 heterocycles. The summed E-state index contributed by atoms with van der Waals surface area (Å²) in [6.45, 7) is 1.63. The lowest BCUT2D eigenvalue weighted by Crippen LogP contribution is -2.12. The number of nitrogens with zero attached hydrogens (tertiary/aromatic N) is 2. The first-order valence-electron chi connectivity index (χ1n) is 4.30. The van der Waals surface area contributed by atoms with Crippen LogP contribution in [0.25, 0.3) is 0 Å². The van der Waals surface area contributed by atoms with Crippen LogP contribution in [0.5, 0.6) is 0 Å². The van der Waals surface area contributed by atoms with Gasteiger partial charge in [0.05, 0.1) is 16.5 Å². The quantitative estimate of drug-likeness (QED) is 0.299. The van der Waals surface area contributed by atoms with E-state index in [1.165, 1.54) is 12.1 Å². The molecule has 0 unspecified atom stereocenters. The lowest BCUT2D eigenvalue weighted by molar-refractivity contribution is -0.384. The first kappa shape index (κ1) is 12.7. The van der Waals surface area contributed by atoms with Crippen LogP contribution < -0.4 is 5.73 Å². The van der Waals surface area contributed by atoms with Gasteiger partial charge in [-0.25, -0.2) is 4.99 Å². The minimum Gasteiger partial charge on any atom is -0.386 e. The van der Waals surface area contributed by atoms with Gasteiger partial charge in [0.15, 0.2) is 0 Å². The molecule has 1 rings (SSSR count). The maximum absolute atomic E-state index is 10.6. The van der Waals surface area contributed by atoms with Gasteiger partial charge in [0, 0.05) is 11.6 Å². The van der Waals surface area contributed by atoms with E-state index in [0.29, 0.717) is 11.3 Å². The summed E-state index contributed by atoms with van der Waals surface area (Å²) >= 11 is 11.3. The highest BCUT2D eigenvalue weighted by Gasteiger charge is 2.16. The number of hydrogen-bond donors (Lipinski definition) is 1. The normalized spacial score (nSPS) is 11.6. The van der Waals surface area contributed by atoms with Crippen LogP contribution in [0, 0.1) is 17.0 Å². The van der Waals surface area contributed by atoms with Crippen LogP contribution in [-0.4, -0.2) is 16.6 Å². The molecular formula is C9H9Cl2N3O2. The van der Waals surface area contributed by atoms with Gasteiger partial charge in [-0.3, -0.25) is 10.1 Å². The fraction of sp³-hybridized carbons (Fsp3) is 0.222. The molecule has 0 fully saturated rings. The third-order valence-corrected chi connectivity index (χ3v) is 2.69. The molecule has 0 atom stereocenters. The largest absolute Gasteiger partial charge is 0.386 e. The van der Waals surface area contributed by atoms with Crippen LogP contribution in [0.1, 0.15) is 5.56 Å². The van der Waals surface area contributed by atoms with Gasteiger partial charge in [-0.05, 0) is 13.0 Å². The molecule has 0 aromatic heterocycles. The van der Waals surface area contributed by atoms with Crippen molar-refractivity contribution in [3.8, 4) is 0 Å². The van der Waals surface area contributed by atoms with Gasteiger partial charge >= 0.3 is 0 Å². The number of hydrogen-bond acceptors (Lipinski definition) is 3. The number of amidine groups is 1. The Bertz CT molecular complexity index is 460. The van der Waals surface area contributed by atoms with Gasteiger partial charge < -0.3 is 5.73 Å². The average molecular weight is 262 g/mol. The number of nitrogens with two attached hydrogens (primary N) is 1. The minimum absolute atomic E-state index is 0.0635. The van der Waals surface area contributed by atoms with Crippen molar-refractivity contribution in [3.63, 3.8) is 0 Å². The second kappa shape index (κ2) is 5.14. The molecule has 0 amide bonds. The van der Waals surface area contributed by atoms with Gasteiger partial charge in [0.2, 0.25) is 0 Å². The third kappa shape index (κ3) is 2.62. The van der Waals surface area contributed by atoms with Gasteiger partial charge in [-0.15, -0.1) is 11.6 Å². The number of benzene rings is 1. The Kier molecular flexibility index (Phi) is 4.09. The predicted octanol–water partition coefficient (Wildman–Crippen LogP) is 2.78. The molecule has 0 aliphatic carbocycles. The molecule has 1 aromatic carbocycles. The van der Waals surface area contributed by atoms with Crippen LogP contribution in [0.15, 0.2) is 17.1 Å². The SMILES string of the molecule is Cc1c(N=C(N)CCl)ccc([N+](=O)[O-])c1Cl. The number of rotatable bonds is 3. The average Bonchev–Trinajstić information content (AvgIpc) is 2.24. The van der Waals surface area contributed by atoms with E-state index in [0.717, 1.165) is 0 Å². The number of nitro benzene ring substituents is 1. The van der Waals surface area contributed by atoms with E-state index in [-0.39, 0.29) is 22.4 Å². The Morgan fingerprint density at radius 3 is 2.75 bits per heavy atom. The molecule has 0 spiro atoms. The van der Waals surface area contributed by atoms with E-state index in [1.807, 2.05) is 0 Å². The molecule has 0 aliphatic rings. The second-order valence-corrected chi connectivity index (χ2v) is 3.68. The number of aliphatic imine (C=N–C) groups is 1. The summed E-state index contributed by atoms with van der Waals surface area (Å²) in [6.07, 6.45) is 0. The van der Waals surface area contributed by atoms with Gasteiger partial charge in [0.1, 0.15) is 10.9 Å². The number of alkyl halides is 1. The maximum Gasteiger partial charge on any atom is 0.288 e. The lowest BCUT2D eigenvalue weighted by atomic mass is 10.2. The molecule has 1 aromatic rings. The van der Waals surface area contributed by atoms with E-state index in [1.54, 1.807) is 6.92 Å². The summed E-state index contributed by atoms with van der Waals surface area (Å²) in [5, 5.41) is 10.7. The highest BCUT2D eigenvalue weighted by molar-refractivity contribution is 6.33. The van der Waals surface area contributed by atoms with E-state index >= 15 is 0 Å². The zero-order chi connectivity index (χ0) is 12.3. The van der Waals surface area contributed by atoms with E-state index in [9.17, 15) is 10.1 Å². The highest BCUT2D eigenvalue weighted by atomic mass is 35.5. The van der Waals surface area contributed by atoms with Gasteiger partial charge in [-0.2, -0.15) is 0 Å². The van der Waals surface area contributed by atoms with Crippen LogP contribution in [-0.2, 0) is 0 Å². The van der Waals surface area contributed by atoms with Crippen molar-refractivity contribution in [3.05, 3.63) is 32.8 Å². The molecule has 7 heteroatoms. The molecule has 2 N–H and O–H groups in total. The Balaban J connectivity index is 3.27. The van der Waals surface area contributed by atoms with Crippen molar-refractivity contribution in [2.75, 3.05) is 5.88 Å². The van der Waals surface area contributed by atoms with Crippen LogP contribution in [0.4, 0.5) is 11.4 Å². The van der Waals surface area contributed by atoms with Gasteiger partial charge in [0.25, 0.3) is 5.69 Å². The Morgan fingerprint density at radius 1 is 1.62 bits per heavy atom. The predicted molar refractivity (Wildman–Crippen MR) is 64.8 cm³/mol. The Hall–Kier alpha value is -1.33. The third-order valence-electron chi connectivity index (χ3n) is 1.94. The van der Waals surface area contributed by atoms with Crippen LogP contribution in [0.3, 0.4) is 0 Å². The Morgan fingerprint density at radius 2 is 2.25 bits per heavy atom. The van der Waals surface area contributed by atoms with Crippen molar-refractivity contribution >= 4 is 40.4 Å². The molecule has 5 nitrogen and oxygen atoms in total. The van der Waals surface area contributed by atoms with Crippen molar-refractivity contribution < 1.29 is 4.92 Å². The summed E-state index contributed by atoms with van der Waals surface area (Å²) in [6, 6.07) is 2.77. The van der Waals surface area contributed by atoms with E-state index in [4.69, 9.17) is 28.9 Å². The van der Waals surface area contributed by atoms with Crippen LogP contribution >= 0.6 is 23.2 Å². The first-order valence-corrected chi connectivity index (χ1v) is 5.21. The summed E-state index contributed by atoms with van der Waals surface area (Å²) in [4.78, 5) is 14.0. The molecule has 86 valence electrons. The highest BCUT2D eigenvalue weighted by Crippen LogP contribution is 2.33. The molecule has 0 aliphatic heterocycles. The standard InChI is InChI=1S/C9H9Cl2N3O2/c1-5-6(13-8(12)4-10)2-3-7(9(5)11)14(15)16/h2-3H,4H2,1H3,(H2,12,13). The topological polar surface area (TPSA) is 81.5 Å². The summed E-state index contributed by atoms with van der Waals surface area (Å²) in [5.74, 6) is 0.323. The monoisotopic (exact) mass is 261 g/mol. The molecular weight excluding hydrogens is 253 g/mol. The maximum atomic E-state index is 10.6. The second-order valence-electron chi connectivity index (χ2n) is 3.04.